The van der Waals surface area contributed by atoms with Crippen LogP contribution >= 0.6 is 35.3 Å². The van der Waals surface area contributed by atoms with Crippen molar-refractivity contribution >= 4 is 142 Å². The molecule has 0 unspecified atom stereocenters. The van der Waals surface area contributed by atoms with Gasteiger partial charge in [0.1, 0.15) is 11.2 Å². The Labute approximate surface area is 382 Å². The van der Waals surface area contributed by atoms with E-state index in [9.17, 15) is 0 Å². The van der Waals surface area contributed by atoms with E-state index in [-0.39, 0.29) is 13.4 Å². The molecule has 0 atom stereocenters. The van der Waals surface area contributed by atoms with Crippen molar-refractivity contribution < 1.29 is 8.83 Å². The zero-order chi connectivity index (χ0) is 41.7. The molecule has 0 saturated carbocycles. The predicted molar refractivity (Wildman–Crippen MR) is 271 cm³/mol. The fraction of sp³-hybridized carbons (Fsp3) is 0.0357. The molecule has 16 rings (SSSR count). The minimum Gasteiger partial charge on any atom is -0.455 e. The molecule has 9 aromatic carbocycles. The van der Waals surface area contributed by atoms with Crippen molar-refractivity contribution in [2.75, 3.05) is 4.90 Å². The van der Waals surface area contributed by atoms with Crippen molar-refractivity contribution in [3.05, 3.63) is 163 Å². The van der Waals surface area contributed by atoms with E-state index >= 15 is 0 Å². The van der Waals surface area contributed by atoms with Crippen molar-refractivity contribution in [1.29, 1.82) is 0 Å². The van der Waals surface area contributed by atoms with Crippen molar-refractivity contribution in [1.82, 2.24) is 0 Å². The number of nitrogens with zero attached hydrogens (tertiary/aromatic N) is 1. The van der Waals surface area contributed by atoms with E-state index in [4.69, 9.17) is 8.83 Å². The molecule has 0 radical (unpaired) electrons. The van der Waals surface area contributed by atoms with Gasteiger partial charge in [-0.15, -0.1) is 0 Å². The molecular weight excluding hydrogens is 836 g/mol. The average molecular weight is 868 g/mol. The molecule has 64 heavy (non-hydrogen) atoms. The zero-order valence-corrected chi connectivity index (χ0v) is 37.0. The number of benzene rings is 9. The topological polar surface area (TPSA) is 29.5 Å². The summed E-state index contributed by atoms with van der Waals surface area (Å²) in [6.45, 7) is 4.34. The molecule has 0 amide bonds. The molecule has 2 aromatic heterocycles. The Bertz CT molecular complexity index is 3740. The first kappa shape index (κ1) is 35.0. The minimum atomic E-state index is 0.0179. The monoisotopic (exact) mass is 867 g/mol. The first-order chi connectivity index (χ1) is 31.6. The van der Waals surface area contributed by atoms with E-state index in [1.807, 2.05) is 35.3 Å². The van der Waals surface area contributed by atoms with Crippen LogP contribution in [0, 0.1) is 13.8 Å². The molecule has 0 saturated heterocycles. The van der Waals surface area contributed by atoms with Crippen molar-refractivity contribution in [3.63, 3.8) is 0 Å². The van der Waals surface area contributed by atoms with Gasteiger partial charge in [-0.25, -0.2) is 0 Å². The summed E-state index contributed by atoms with van der Waals surface area (Å²) in [6, 6.07) is 56.9. The predicted octanol–water partition coefficient (Wildman–Crippen LogP) is 12.0. The van der Waals surface area contributed by atoms with Gasteiger partial charge in [0.25, 0.3) is 0 Å². The molecule has 0 spiro atoms. The summed E-state index contributed by atoms with van der Waals surface area (Å²) >= 11 is 5.78. The standard InChI is InChI=1S/C56H31B2NO2S3/c1-28-19-21-34-36-25-40-48-55(51(36)60-42(34)23-28)64-56-49-41(26-37-35-22-20-29(2)24-43(35)61-52(37)56)58-39-18-10-16-33(31-13-7-4-8-14-31)54(39)63-45-27-44-46(50(47(45)58)59(48)49)57(40)38-17-9-15-32(53(38)62-44)30-11-5-3-6-12-30/h3-27H,1-2H3. The van der Waals surface area contributed by atoms with Crippen LogP contribution in [0.25, 0.3) is 66.1 Å². The van der Waals surface area contributed by atoms with E-state index in [2.05, 4.69) is 170 Å². The Hall–Kier alpha value is -6.44. The van der Waals surface area contributed by atoms with E-state index in [0.29, 0.717) is 0 Å². The van der Waals surface area contributed by atoms with E-state index in [1.165, 1.54) is 123 Å². The zero-order valence-electron chi connectivity index (χ0n) is 34.6. The number of rotatable bonds is 2. The molecule has 7 heterocycles. The Morgan fingerprint density at radius 2 is 0.891 bits per heavy atom. The van der Waals surface area contributed by atoms with Crippen LogP contribution in [0.5, 0.6) is 0 Å². The van der Waals surface area contributed by atoms with Crippen molar-refractivity contribution in [3.8, 4) is 22.3 Å². The molecular formula is C56H31B2NO2S3. The molecule has 11 aromatic rings. The van der Waals surface area contributed by atoms with Crippen LogP contribution in [0.4, 0.5) is 17.1 Å². The molecule has 5 aliphatic rings. The van der Waals surface area contributed by atoms with Crippen LogP contribution in [-0.4, -0.2) is 13.4 Å². The SMILES string of the molecule is Cc1ccc2c(c1)oc1c3c4c(cc12)B1c2cccc(-c5ccccc5)c2Sc2cc5c6c(c21)N4c1c(cc2c(oc4cc(C)ccc42)c1S3)B6c1cccc(-c2ccccc2)c1S5. The molecule has 8 heteroatoms. The summed E-state index contributed by atoms with van der Waals surface area (Å²) in [5.41, 5.74) is 23.3. The number of furan rings is 2. The molecule has 3 nitrogen and oxygen atoms in total. The van der Waals surface area contributed by atoms with Gasteiger partial charge in [-0.3, -0.25) is 0 Å². The lowest BCUT2D eigenvalue weighted by Crippen LogP contribution is -2.68. The fourth-order valence-electron chi connectivity index (χ4n) is 11.8. The minimum absolute atomic E-state index is 0.0179. The van der Waals surface area contributed by atoms with Gasteiger partial charge in [0.2, 0.25) is 13.4 Å². The maximum absolute atomic E-state index is 7.08. The molecule has 0 aliphatic carbocycles. The summed E-state index contributed by atoms with van der Waals surface area (Å²) in [6.07, 6.45) is 0. The summed E-state index contributed by atoms with van der Waals surface area (Å²) in [7, 11) is 0. The van der Waals surface area contributed by atoms with Gasteiger partial charge >= 0.3 is 0 Å². The molecule has 0 fully saturated rings. The maximum Gasteiger partial charge on any atom is 0.249 e. The summed E-state index contributed by atoms with van der Waals surface area (Å²) < 4.78 is 14.2. The fourth-order valence-corrected chi connectivity index (χ4v) is 15.8. The van der Waals surface area contributed by atoms with Gasteiger partial charge in [-0.2, -0.15) is 0 Å². The van der Waals surface area contributed by atoms with Gasteiger partial charge in [0.05, 0.1) is 21.2 Å². The largest absolute Gasteiger partial charge is 0.455 e. The molecule has 0 bridgehead atoms. The Balaban J connectivity index is 1.09. The second-order valence-electron chi connectivity index (χ2n) is 18.0. The molecule has 5 aliphatic heterocycles. The third kappa shape index (κ3) is 4.32. The Kier molecular flexibility index (Phi) is 6.67. The highest BCUT2D eigenvalue weighted by Crippen LogP contribution is 2.60. The van der Waals surface area contributed by atoms with Crippen LogP contribution < -0.4 is 37.7 Å². The maximum atomic E-state index is 7.08. The quantitative estimate of drug-likeness (QED) is 0.161. The van der Waals surface area contributed by atoms with Crippen LogP contribution in [-0.2, 0) is 0 Å². The first-order valence-electron chi connectivity index (χ1n) is 22.0. The third-order valence-electron chi connectivity index (χ3n) is 14.4. The average Bonchev–Trinajstić information content (AvgIpc) is 3.88. The van der Waals surface area contributed by atoms with Crippen LogP contribution in [0.3, 0.4) is 0 Å². The Morgan fingerprint density at radius 3 is 1.38 bits per heavy atom. The molecule has 296 valence electrons. The van der Waals surface area contributed by atoms with E-state index in [0.717, 1.165) is 33.1 Å². The number of aryl methyl sites for hydroxylation is 2. The lowest BCUT2D eigenvalue weighted by atomic mass is 9.30. The molecule has 0 N–H and O–H groups in total. The van der Waals surface area contributed by atoms with Crippen LogP contribution in [0.2, 0.25) is 0 Å². The number of fused-ring (bicyclic) bond motifs is 14. The van der Waals surface area contributed by atoms with Crippen molar-refractivity contribution in [2.45, 2.75) is 43.2 Å². The lowest BCUT2D eigenvalue weighted by Gasteiger charge is -2.50. The summed E-state index contributed by atoms with van der Waals surface area (Å²) in [5.74, 6) is 0. The van der Waals surface area contributed by atoms with E-state index < -0.39 is 0 Å². The Morgan fingerprint density at radius 1 is 0.406 bits per heavy atom. The van der Waals surface area contributed by atoms with Gasteiger partial charge in [0, 0.05) is 46.8 Å². The van der Waals surface area contributed by atoms with Gasteiger partial charge < -0.3 is 13.7 Å². The van der Waals surface area contributed by atoms with Crippen LogP contribution in [0.15, 0.2) is 190 Å². The first-order valence-corrected chi connectivity index (χ1v) is 24.4. The highest BCUT2D eigenvalue weighted by Gasteiger charge is 2.53. The van der Waals surface area contributed by atoms with Gasteiger partial charge in [-0.05, 0) is 87.3 Å². The summed E-state index contributed by atoms with van der Waals surface area (Å²) in [4.78, 5) is 10.4. The normalized spacial score (nSPS) is 14.4. The smallest absolute Gasteiger partial charge is 0.249 e. The highest BCUT2D eigenvalue weighted by molar-refractivity contribution is 8.01. The highest BCUT2D eigenvalue weighted by atomic mass is 32.2. The number of anilines is 3. The van der Waals surface area contributed by atoms with Crippen molar-refractivity contribution in [2.24, 2.45) is 0 Å². The van der Waals surface area contributed by atoms with Crippen LogP contribution in [0.1, 0.15) is 11.1 Å². The van der Waals surface area contributed by atoms with E-state index in [1.54, 1.807) is 0 Å². The number of hydrogen-bond acceptors (Lipinski definition) is 6. The third-order valence-corrected chi connectivity index (χ3v) is 18.0. The van der Waals surface area contributed by atoms with Gasteiger partial charge in [0.15, 0.2) is 11.2 Å². The second-order valence-corrected chi connectivity index (χ2v) is 21.1. The number of hydrogen-bond donors (Lipinski definition) is 0. The lowest BCUT2D eigenvalue weighted by molar-refractivity contribution is 0.657. The van der Waals surface area contributed by atoms with Gasteiger partial charge in [-0.1, -0.05) is 180 Å². The summed E-state index contributed by atoms with van der Waals surface area (Å²) in [5, 5.41) is 4.65. The second kappa shape index (κ2) is 12.2.